The van der Waals surface area contributed by atoms with Gasteiger partial charge in [0.2, 0.25) is 0 Å². The Kier molecular flexibility index (Phi) is 7.48. The number of carbonyl (C=O) groups excluding carboxylic acids is 6. The highest BCUT2D eigenvalue weighted by Crippen LogP contribution is 2.64. The first-order chi connectivity index (χ1) is 20.4. The minimum absolute atomic E-state index is 0.0107. The minimum atomic E-state index is -2.74. The lowest BCUT2D eigenvalue weighted by atomic mass is 9.39. The normalized spacial score (nSPS) is 31.4. The first-order valence-electron chi connectivity index (χ1n) is 15.2. The molecule has 3 unspecified atom stereocenters. The van der Waals surface area contributed by atoms with Gasteiger partial charge in [0.25, 0.3) is 0 Å². The summed E-state index contributed by atoms with van der Waals surface area (Å²) in [5.41, 5.74) is -2.05. The van der Waals surface area contributed by atoms with Crippen LogP contribution in [0.25, 0.3) is 11.1 Å². The van der Waals surface area contributed by atoms with Crippen LogP contribution in [0.5, 0.6) is 5.75 Å². The third kappa shape index (κ3) is 4.28. The molecule has 0 bridgehead atoms. The molecular formula is C36H40O8. The summed E-state index contributed by atoms with van der Waals surface area (Å²) in [5.74, 6) is -9.35. The van der Waals surface area contributed by atoms with E-state index in [0.717, 1.165) is 18.1 Å². The SMILES string of the molecule is CC(=O)CCc1cc(-c2ccc(C)cc2)c2c(c1O)C(=O)C1C(=O)[C@@]3(O)C(=O)C(C(C)=O)C(=O)C(C(C)C)[C@@]3(C)C[C@@]1(C)C2. The number of hydrogen-bond acceptors (Lipinski definition) is 8. The number of aromatic hydroxyl groups is 1. The predicted molar refractivity (Wildman–Crippen MR) is 162 cm³/mol. The lowest BCUT2D eigenvalue weighted by Gasteiger charge is -2.62. The maximum atomic E-state index is 14.6. The maximum absolute atomic E-state index is 14.6. The number of rotatable bonds is 6. The predicted octanol–water partition coefficient (Wildman–Crippen LogP) is 4.59. The summed E-state index contributed by atoms with van der Waals surface area (Å²) < 4.78 is 0. The molecule has 0 radical (unpaired) electrons. The molecule has 0 spiro atoms. The van der Waals surface area contributed by atoms with Crippen LogP contribution < -0.4 is 0 Å². The average Bonchev–Trinajstić information content (AvgIpc) is 2.90. The number of aliphatic hydroxyl groups is 1. The third-order valence-electron chi connectivity index (χ3n) is 10.6. The van der Waals surface area contributed by atoms with E-state index in [0.29, 0.717) is 16.7 Å². The summed E-state index contributed by atoms with van der Waals surface area (Å²) in [5, 5.41) is 23.7. The van der Waals surface area contributed by atoms with Crippen molar-refractivity contribution in [2.75, 3.05) is 0 Å². The summed E-state index contributed by atoms with van der Waals surface area (Å²) in [7, 11) is 0. The number of Topliss-reactive ketones (excluding diaryl/α,β-unsaturated/α-hetero) is 6. The molecule has 2 fully saturated rings. The molecule has 8 heteroatoms. The number of carbonyl (C=O) groups is 6. The molecule has 0 heterocycles. The van der Waals surface area contributed by atoms with Gasteiger partial charge in [-0.15, -0.1) is 0 Å². The van der Waals surface area contributed by atoms with Crippen molar-refractivity contribution in [3.8, 4) is 16.9 Å². The van der Waals surface area contributed by atoms with Gasteiger partial charge in [-0.1, -0.05) is 57.5 Å². The third-order valence-corrected chi connectivity index (χ3v) is 10.6. The van der Waals surface area contributed by atoms with Crippen molar-refractivity contribution in [3.63, 3.8) is 0 Å². The van der Waals surface area contributed by atoms with Gasteiger partial charge >= 0.3 is 0 Å². The molecule has 6 atom stereocenters. The highest BCUT2D eigenvalue weighted by atomic mass is 16.3. The number of hydrogen-bond donors (Lipinski definition) is 2. The Morgan fingerprint density at radius 2 is 1.61 bits per heavy atom. The van der Waals surface area contributed by atoms with Crippen molar-refractivity contribution in [2.45, 2.75) is 79.8 Å². The van der Waals surface area contributed by atoms with E-state index >= 15 is 0 Å². The Morgan fingerprint density at radius 1 is 1.00 bits per heavy atom. The smallest absolute Gasteiger partial charge is 0.190 e. The molecule has 44 heavy (non-hydrogen) atoms. The standard InChI is InChI=1S/C36H40O8/c1-17(2)27-30(40)25(20(5)38)32(42)36(44)33(43)28-31(41)26-24(15-34(28,6)16-35(27,36)7)23(21-11-8-18(3)9-12-21)14-22(29(26)39)13-10-19(4)37/h8-9,11-12,14,17,25,27-28,39,44H,10,13,15-16H2,1-7H3/t25?,27?,28?,34-,35-,36+/m1/s1. The zero-order chi connectivity index (χ0) is 32.7. The van der Waals surface area contributed by atoms with Crippen LogP contribution in [0.3, 0.4) is 0 Å². The molecule has 8 nitrogen and oxygen atoms in total. The average molecular weight is 601 g/mol. The molecule has 2 aromatic rings. The van der Waals surface area contributed by atoms with Crippen molar-refractivity contribution in [1.82, 2.24) is 0 Å². The van der Waals surface area contributed by atoms with Gasteiger partial charge in [-0.3, -0.25) is 24.0 Å². The quantitative estimate of drug-likeness (QED) is 0.459. The number of ketones is 6. The van der Waals surface area contributed by atoms with Crippen molar-refractivity contribution in [2.24, 2.45) is 34.5 Å². The maximum Gasteiger partial charge on any atom is 0.190 e. The fourth-order valence-electron chi connectivity index (χ4n) is 8.75. The van der Waals surface area contributed by atoms with E-state index in [1.807, 2.05) is 31.2 Å². The summed E-state index contributed by atoms with van der Waals surface area (Å²) >= 11 is 0. The van der Waals surface area contributed by atoms with Gasteiger partial charge in [-0.2, -0.15) is 0 Å². The monoisotopic (exact) mass is 600 g/mol. The van der Waals surface area contributed by atoms with Gasteiger partial charge in [0.15, 0.2) is 28.7 Å². The molecule has 0 aliphatic heterocycles. The zero-order valence-electron chi connectivity index (χ0n) is 26.4. The Hall–Kier alpha value is -3.78. The van der Waals surface area contributed by atoms with E-state index in [2.05, 4.69) is 0 Å². The molecule has 0 aromatic heterocycles. The van der Waals surface area contributed by atoms with E-state index in [-0.39, 0.29) is 42.8 Å². The molecule has 3 aliphatic carbocycles. The van der Waals surface area contributed by atoms with Gasteiger partial charge in [-0.25, -0.2) is 0 Å². The Morgan fingerprint density at radius 3 is 2.16 bits per heavy atom. The van der Waals surface area contributed by atoms with E-state index < -0.39 is 69.0 Å². The van der Waals surface area contributed by atoms with Crippen LogP contribution in [0.1, 0.15) is 81.4 Å². The van der Waals surface area contributed by atoms with E-state index in [1.165, 1.54) is 6.92 Å². The summed E-state index contributed by atoms with van der Waals surface area (Å²) in [6.07, 6.45) is 0.458. The number of aryl methyl sites for hydroxylation is 2. The molecular weight excluding hydrogens is 560 g/mol. The second kappa shape index (κ2) is 10.4. The van der Waals surface area contributed by atoms with Crippen molar-refractivity contribution in [1.29, 1.82) is 0 Å². The lowest BCUT2D eigenvalue weighted by molar-refractivity contribution is -0.205. The molecule has 0 saturated heterocycles. The van der Waals surface area contributed by atoms with Crippen LogP contribution >= 0.6 is 0 Å². The van der Waals surface area contributed by atoms with Gasteiger partial charge in [0.1, 0.15) is 23.2 Å². The Labute approximate surface area is 257 Å². The second-order valence-corrected chi connectivity index (χ2v) is 14.2. The molecule has 2 saturated carbocycles. The van der Waals surface area contributed by atoms with Gasteiger partial charge in [0.05, 0.1) is 11.5 Å². The highest BCUT2D eigenvalue weighted by Gasteiger charge is 2.76. The largest absolute Gasteiger partial charge is 0.507 e. The Balaban J connectivity index is 1.77. The fourth-order valence-corrected chi connectivity index (χ4v) is 8.75. The van der Waals surface area contributed by atoms with Crippen LogP contribution in [0.15, 0.2) is 30.3 Å². The topological polar surface area (TPSA) is 143 Å². The number of fused-ring (bicyclic) bond motifs is 3. The first kappa shape index (κ1) is 31.6. The van der Waals surface area contributed by atoms with Gasteiger partial charge in [0, 0.05) is 17.8 Å². The van der Waals surface area contributed by atoms with Gasteiger partial charge < -0.3 is 15.0 Å². The van der Waals surface area contributed by atoms with Crippen LogP contribution in [-0.4, -0.2) is 50.5 Å². The molecule has 2 N–H and O–H groups in total. The number of benzene rings is 2. The lowest BCUT2D eigenvalue weighted by Crippen LogP contribution is -2.76. The van der Waals surface area contributed by atoms with E-state index in [4.69, 9.17) is 0 Å². The van der Waals surface area contributed by atoms with Crippen LogP contribution in [0, 0.1) is 41.4 Å². The second-order valence-electron chi connectivity index (χ2n) is 14.2. The zero-order valence-corrected chi connectivity index (χ0v) is 26.4. The van der Waals surface area contributed by atoms with E-state index in [1.54, 1.807) is 33.8 Å². The molecule has 5 rings (SSSR count). The van der Waals surface area contributed by atoms with Crippen molar-refractivity contribution >= 4 is 34.7 Å². The summed E-state index contributed by atoms with van der Waals surface area (Å²) in [4.78, 5) is 81.1. The first-order valence-corrected chi connectivity index (χ1v) is 15.2. The van der Waals surface area contributed by atoms with Crippen LogP contribution in [0.2, 0.25) is 0 Å². The van der Waals surface area contributed by atoms with Crippen LogP contribution in [-0.2, 0) is 36.8 Å². The molecule has 232 valence electrons. The van der Waals surface area contributed by atoms with Crippen molar-refractivity contribution < 1.29 is 39.0 Å². The number of phenols is 1. The summed E-state index contributed by atoms with van der Waals surface area (Å²) in [6.45, 7) is 11.3. The summed E-state index contributed by atoms with van der Waals surface area (Å²) in [6, 6.07) is 9.49. The molecule has 2 aromatic carbocycles. The van der Waals surface area contributed by atoms with Gasteiger partial charge in [-0.05, 0) is 79.7 Å². The minimum Gasteiger partial charge on any atom is -0.507 e. The fraction of sp³-hybridized carbons (Fsp3) is 0.500. The van der Waals surface area contributed by atoms with E-state index in [9.17, 15) is 39.0 Å². The molecule has 3 aliphatic rings. The number of phenolic OH excluding ortho intramolecular Hbond substituents is 1. The molecule has 0 amide bonds. The van der Waals surface area contributed by atoms with Crippen molar-refractivity contribution in [3.05, 3.63) is 52.6 Å². The van der Waals surface area contributed by atoms with Crippen LogP contribution in [0.4, 0.5) is 0 Å². The highest BCUT2D eigenvalue weighted by molar-refractivity contribution is 6.32. The Bertz CT molecular complexity index is 1650.